The van der Waals surface area contributed by atoms with Crippen molar-refractivity contribution < 1.29 is 4.74 Å². The highest BCUT2D eigenvalue weighted by atomic mass is 32.1. The van der Waals surface area contributed by atoms with E-state index >= 15 is 0 Å². The summed E-state index contributed by atoms with van der Waals surface area (Å²) in [6.07, 6.45) is 4.76. The normalized spacial score (nSPS) is 19.4. The molecule has 1 atom stereocenters. The monoisotopic (exact) mass is 260 g/mol. The minimum absolute atomic E-state index is 0.342. The third-order valence-electron chi connectivity index (χ3n) is 3.48. The van der Waals surface area contributed by atoms with Crippen LogP contribution in [0.5, 0.6) is 0 Å². The van der Waals surface area contributed by atoms with E-state index in [1.54, 1.807) is 0 Å². The van der Waals surface area contributed by atoms with Crippen LogP contribution in [0.2, 0.25) is 0 Å². The summed E-state index contributed by atoms with van der Waals surface area (Å²) in [6, 6.07) is 8.22. The molecule has 0 bridgehead atoms. The van der Waals surface area contributed by atoms with Gasteiger partial charge in [0.25, 0.3) is 0 Å². The van der Waals surface area contributed by atoms with Gasteiger partial charge in [-0.25, -0.2) is 0 Å². The summed E-state index contributed by atoms with van der Waals surface area (Å²) in [6.45, 7) is 1.80. The number of aromatic nitrogens is 1. The molecule has 94 valence electrons. The van der Waals surface area contributed by atoms with Crippen LogP contribution in [0.4, 0.5) is 0 Å². The second-order valence-electron chi connectivity index (χ2n) is 4.74. The summed E-state index contributed by atoms with van der Waals surface area (Å²) < 4.78 is 7.91. The van der Waals surface area contributed by atoms with E-state index in [2.05, 4.69) is 29.0 Å². The van der Waals surface area contributed by atoms with Gasteiger partial charge in [-0.3, -0.25) is 0 Å². The standard InChI is InChI=1S/C14H16N2OS/c15-14(18)11-4-3-10-5-6-16(13(10)8-11)9-12-2-1-7-17-12/h3-6,8,12H,1-2,7,9H2,(H2,15,18). The molecule has 2 N–H and O–H groups in total. The first-order chi connectivity index (χ1) is 8.74. The molecule has 1 saturated heterocycles. The first-order valence-electron chi connectivity index (χ1n) is 6.24. The first kappa shape index (κ1) is 11.7. The Hall–Kier alpha value is -1.39. The van der Waals surface area contributed by atoms with Crippen LogP contribution in [0.25, 0.3) is 10.9 Å². The number of rotatable bonds is 3. The Morgan fingerprint density at radius 3 is 3.06 bits per heavy atom. The maximum Gasteiger partial charge on any atom is 0.104 e. The molecule has 0 spiro atoms. The average molecular weight is 260 g/mol. The Labute approximate surface area is 112 Å². The van der Waals surface area contributed by atoms with Crippen molar-refractivity contribution in [1.82, 2.24) is 4.57 Å². The van der Waals surface area contributed by atoms with Gasteiger partial charge in [-0.2, -0.15) is 0 Å². The molecule has 3 rings (SSSR count). The lowest BCUT2D eigenvalue weighted by Gasteiger charge is -2.12. The van der Waals surface area contributed by atoms with Crippen LogP contribution in [-0.4, -0.2) is 22.3 Å². The highest BCUT2D eigenvalue weighted by Crippen LogP contribution is 2.21. The van der Waals surface area contributed by atoms with Crippen molar-refractivity contribution in [1.29, 1.82) is 0 Å². The molecule has 2 aromatic rings. The fourth-order valence-corrected chi connectivity index (χ4v) is 2.63. The van der Waals surface area contributed by atoms with E-state index in [1.165, 1.54) is 17.3 Å². The summed E-state index contributed by atoms with van der Waals surface area (Å²) >= 11 is 5.03. The molecule has 18 heavy (non-hydrogen) atoms. The molecule has 1 aromatic heterocycles. The fourth-order valence-electron chi connectivity index (χ4n) is 2.50. The number of hydrogen-bond donors (Lipinski definition) is 1. The fraction of sp³-hybridized carbons (Fsp3) is 0.357. The molecular weight excluding hydrogens is 244 g/mol. The molecule has 0 aliphatic carbocycles. The zero-order chi connectivity index (χ0) is 12.5. The van der Waals surface area contributed by atoms with Gasteiger partial charge >= 0.3 is 0 Å². The van der Waals surface area contributed by atoms with Crippen LogP contribution >= 0.6 is 12.2 Å². The van der Waals surface area contributed by atoms with Crippen LogP contribution in [0, 0.1) is 0 Å². The van der Waals surface area contributed by atoms with E-state index in [0.29, 0.717) is 11.1 Å². The van der Waals surface area contributed by atoms with E-state index in [0.717, 1.165) is 25.1 Å². The predicted molar refractivity (Wildman–Crippen MR) is 76.8 cm³/mol. The third-order valence-corrected chi connectivity index (χ3v) is 3.72. The van der Waals surface area contributed by atoms with Gasteiger partial charge in [-0.15, -0.1) is 0 Å². The van der Waals surface area contributed by atoms with Gasteiger partial charge in [0, 0.05) is 30.4 Å². The molecule has 0 saturated carbocycles. The lowest BCUT2D eigenvalue weighted by Crippen LogP contribution is -2.14. The largest absolute Gasteiger partial charge is 0.389 e. The Balaban J connectivity index is 1.95. The molecule has 1 unspecified atom stereocenters. The molecule has 1 aromatic carbocycles. The van der Waals surface area contributed by atoms with Gasteiger partial charge in [0.15, 0.2) is 0 Å². The van der Waals surface area contributed by atoms with Gasteiger partial charge in [0.2, 0.25) is 0 Å². The van der Waals surface area contributed by atoms with E-state index in [1.807, 2.05) is 6.07 Å². The number of ether oxygens (including phenoxy) is 1. The van der Waals surface area contributed by atoms with Crippen LogP contribution in [0.1, 0.15) is 18.4 Å². The molecule has 4 heteroatoms. The summed E-state index contributed by atoms with van der Waals surface area (Å²) in [4.78, 5) is 0.446. The van der Waals surface area contributed by atoms with Crippen molar-refractivity contribution in [2.75, 3.05) is 6.61 Å². The summed E-state index contributed by atoms with van der Waals surface area (Å²) in [7, 11) is 0. The minimum Gasteiger partial charge on any atom is -0.389 e. The molecule has 0 amide bonds. The predicted octanol–water partition coefficient (Wildman–Crippen LogP) is 2.45. The Bertz CT molecular complexity index is 584. The second kappa shape index (κ2) is 4.71. The Kier molecular flexibility index (Phi) is 3.06. The van der Waals surface area contributed by atoms with E-state index < -0.39 is 0 Å². The Morgan fingerprint density at radius 2 is 2.33 bits per heavy atom. The van der Waals surface area contributed by atoms with Gasteiger partial charge < -0.3 is 15.0 Å². The smallest absolute Gasteiger partial charge is 0.104 e. The minimum atomic E-state index is 0.342. The molecule has 2 heterocycles. The number of nitrogens with zero attached hydrogens (tertiary/aromatic N) is 1. The highest BCUT2D eigenvalue weighted by Gasteiger charge is 2.16. The lowest BCUT2D eigenvalue weighted by molar-refractivity contribution is 0.0980. The average Bonchev–Trinajstić information content (AvgIpc) is 2.99. The lowest BCUT2D eigenvalue weighted by atomic mass is 10.1. The van der Waals surface area contributed by atoms with Crippen LogP contribution in [-0.2, 0) is 11.3 Å². The van der Waals surface area contributed by atoms with Crippen molar-refractivity contribution in [3.8, 4) is 0 Å². The number of fused-ring (bicyclic) bond motifs is 1. The van der Waals surface area contributed by atoms with Gasteiger partial charge in [0.05, 0.1) is 6.10 Å². The molecule has 1 aliphatic rings. The Morgan fingerprint density at radius 1 is 1.44 bits per heavy atom. The SMILES string of the molecule is NC(=S)c1ccc2ccn(CC3CCCO3)c2c1. The van der Waals surface area contributed by atoms with Gasteiger partial charge in [0.1, 0.15) is 4.99 Å². The van der Waals surface area contributed by atoms with Gasteiger partial charge in [-0.05, 0) is 30.4 Å². The number of benzene rings is 1. The van der Waals surface area contributed by atoms with E-state index in [-0.39, 0.29) is 0 Å². The van der Waals surface area contributed by atoms with Crippen LogP contribution in [0.3, 0.4) is 0 Å². The van der Waals surface area contributed by atoms with Crippen molar-refractivity contribution in [2.45, 2.75) is 25.5 Å². The molecular formula is C14H16N2OS. The van der Waals surface area contributed by atoms with Crippen molar-refractivity contribution >= 4 is 28.1 Å². The quantitative estimate of drug-likeness (QED) is 0.862. The number of nitrogens with two attached hydrogens (primary N) is 1. The van der Waals surface area contributed by atoms with Gasteiger partial charge in [-0.1, -0.05) is 24.4 Å². The molecule has 1 aliphatic heterocycles. The van der Waals surface area contributed by atoms with E-state index in [4.69, 9.17) is 22.7 Å². The highest BCUT2D eigenvalue weighted by molar-refractivity contribution is 7.80. The zero-order valence-corrected chi connectivity index (χ0v) is 11.0. The van der Waals surface area contributed by atoms with Crippen molar-refractivity contribution in [3.63, 3.8) is 0 Å². The topological polar surface area (TPSA) is 40.2 Å². The van der Waals surface area contributed by atoms with Crippen LogP contribution < -0.4 is 5.73 Å². The summed E-state index contributed by atoms with van der Waals surface area (Å²) in [5.74, 6) is 0. The maximum absolute atomic E-state index is 5.68. The first-order valence-corrected chi connectivity index (χ1v) is 6.65. The van der Waals surface area contributed by atoms with Crippen molar-refractivity contribution in [3.05, 3.63) is 36.0 Å². The summed E-state index contributed by atoms with van der Waals surface area (Å²) in [5, 5.41) is 1.22. The molecule has 3 nitrogen and oxygen atoms in total. The van der Waals surface area contributed by atoms with Crippen molar-refractivity contribution in [2.24, 2.45) is 5.73 Å². The molecule has 1 fully saturated rings. The van der Waals surface area contributed by atoms with E-state index in [9.17, 15) is 0 Å². The number of hydrogen-bond acceptors (Lipinski definition) is 2. The maximum atomic E-state index is 5.68. The third kappa shape index (κ3) is 2.13. The zero-order valence-electron chi connectivity index (χ0n) is 10.1. The number of thiocarbonyl (C=S) groups is 1. The molecule has 0 radical (unpaired) electrons. The summed E-state index contributed by atoms with van der Waals surface area (Å²) in [5.41, 5.74) is 7.78. The van der Waals surface area contributed by atoms with Crippen LogP contribution in [0.15, 0.2) is 30.5 Å². The second-order valence-corrected chi connectivity index (χ2v) is 5.18.